The average Bonchev–Trinajstić information content (AvgIpc) is 3.15. The number of nitrogens with one attached hydrogen (secondary N) is 1. The summed E-state index contributed by atoms with van der Waals surface area (Å²) in [4.78, 5) is 14.0. The van der Waals surface area contributed by atoms with E-state index in [1.165, 1.54) is 17.8 Å². The Morgan fingerprint density at radius 3 is 2.43 bits per heavy atom. The normalized spacial score (nSPS) is 14.3. The number of rotatable bonds is 4. The molecule has 0 bridgehead atoms. The van der Waals surface area contributed by atoms with Crippen LogP contribution in [0.1, 0.15) is 0 Å². The van der Waals surface area contributed by atoms with Crippen LogP contribution in [-0.4, -0.2) is 45.9 Å². The van der Waals surface area contributed by atoms with Crippen LogP contribution in [0, 0.1) is 5.82 Å². The van der Waals surface area contributed by atoms with Crippen molar-refractivity contribution in [1.29, 1.82) is 0 Å². The van der Waals surface area contributed by atoms with Gasteiger partial charge in [0.25, 0.3) is 0 Å². The number of anilines is 4. The highest BCUT2D eigenvalue weighted by Gasteiger charge is 2.22. The van der Waals surface area contributed by atoms with Crippen LogP contribution in [0.4, 0.5) is 27.5 Å². The first-order valence-electron chi connectivity index (χ1n) is 9.95. The van der Waals surface area contributed by atoms with Crippen LogP contribution in [0.25, 0.3) is 11.0 Å². The third kappa shape index (κ3) is 3.52. The van der Waals surface area contributed by atoms with Crippen molar-refractivity contribution in [3.8, 4) is 0 Å². The van der Waals surface area contributed by atoms with Crippen molar-refractivity contribution in [2.75, 3.05) is 41.3 Å². The van der Waals surface area contributed by atoms with Gasteiger partial charge in [-0.1, -0.05) is 24.3 Å². The van der Waals surface area contributed by atoms with E-state index < -0.39 is 0 Å². The van der Waals surface area contributed by atoms with Gasteiger partial charge in [-0.15, -0.1) is 0 Å². The van der Waals surface area contributed by atoms with Gasteiger partial charge in [0.05, 0.1) is 11.6 Å². The molecule has 1 N–H and O–H groups in total. The second kappa shape index (κ2) is 7.62. The van der Waals surface area contributed by atoms with Gasteiger partial charge in [-0.25, -0.2) is 4.39 Å². The van der Waals surface area contributed by atoms with Gasteiger partial charge in [0, 0.05) is 44.6 Å². The molecule has 1 saturated heterocycles. The molecule has 30 heavy (non-hydrogen) atoms. The van der Waals surface area contributed by atoms with Crippen LogP contribution in [0.15, 0.2) is 60.8 Å². The van der Waals surface area contributed by atoms with Gasteiger partial charge in [-0.2, -0.15) is 15.1 Å². The largest absolute Gasteiger partial charge is 0.368 e. The number of halogens is 1. The zero-order valence-electron chi connectivity index (χ0n) is 16.7. The summed E-state index contributed by atoms with van der Waals surface area (Å²) in [5, 5.41) is 8.41. The van der Waals surface area contributed by atoms with E-state index in [2.05, 4.69) is 49.5 Å². The van der Waals surface area contributed by atoms with Gasteiger partial charge in [-0.3, -0.25) is 4.68 Å². The summed E-state index contributed by atoms with van der Waals surface area (Å²) >= 11 is 0. The number of fused-ring (bicyclic) bond motifs is 1. The Hall–Kier alpha value is -3.68. The molecule has 152 valence electrons. The van der Waals surface area contributed by atoms with Gasteiger partial charge in [0.2, 0.25) is 5.95 Å². The monoisotopic (exact) mass is 403 g/mol. The molecule has 1 aliphatic heterocycles. The van der Waals surface area contributed by atoms with Crippen LogP contribution in [0.2, 0.25) is 0 Å². The number of hydrogen-bond donors (Lipinski definition) is 1. The molecule has 5 rings (SSSR count). The molecule has 7 nitrogen and oxygen atoms in total. The second-order valence-electron chi connectivity index (χ2n) is 7.32. The Labute approximate surface area is 173 Å². The zero-order chi connectivity index (χ0) is 20.5. The summed E-state index contributed by atoms with van der Waals surface area (Å²) in [6.07, 6.45) is 1.81. The Morgan fingerprint density at radius 1 is 0.900 bits per heavy atom. The minimum Gasteiger partial charge on any atom is -0.368 e. The van der Waals surface area contributed by atoms with Crippen molar-refractivity contribution in [3.05, 3.63) is 66.6 Å². The molecule has 0 atom stereocenters. The van der Waals surface area contributed by atoms with E-state index in [0.717, 1.165) is 43.0 Å². The maximum absolute atomic E-state index is 13.6. The molecule has 0 spiro atoms. The molecule has 8 heteroatoms. The molecule has 0 unspecified atom stereocenters. The molecule has 0 aliphatic carbocycles. The number of benzene rings is 2. The molecule has 1 fully saturated rings. The highest BCUT2D eigenvalue weighted by atomic mass is 19.1. The standard InChI is InChI=1S/C22H22FN7/c1-28-20-19(15-24-28)21(27-22(26-20)25-17-7-5-6-16(23)14-17)30-12-10-29(11-13-30)18-8-3-2-4-9-18/h2-9,14-15H,10-13H2,1H3,(H,25,26,27). The number of aromatic nitrogens is 4. The van der Waals surface area contributed by atoms with E-state index in [1.54, 1.807) is 23.0 Å². The van der Waals surface area contributed by atoms with E-state index in [1.807, 2.05) is 13.1 Å². The molecule has 2 aromatic carbocycles. The number of para-hydroxylation sites is 1. The third-order valence-electron chi connectivity index (χ3n) is 5.35. The quantitative estimate of drug-likeness (QED) is 0.562. The van der Waals surface area contributed by atoms with Crippen molar-refractivity contribution in [3.63, 3.8) is 0 Å². The summed E-state index contributed by atoms with van der Waals surface area (Å²) < 4.78 is 15.3. The SMILES string of the molecule is Cn1ncc2c(N3CCN(c4ccccc4)CC3)nc(Nc3cccc(F)c3)nc21. The lowest BCUT2D eigenvalue weighted by Crippen LogP contribution is -2.47. The number of nitrogens with zero attached hydrogens (tertiary/aromatic N) is 6. The van der Waals surface area contributed by atoms with Crippen LogP contribution in [0.3, 0.4) is 0 Å². The average molecular weight is 403 g/mol. The Balaban J connectivity index is 1.44. The summed E-state index contributed by atoms with van der Waals surface area (Å²) in [5.41, 5.74) is 2.58. The van der Waals surface area contributed by atoms with Crippen LogP contribution >= 0.6 is 0 Å². The lowest BCUT2D eigenvalue weighted by molar-refractivity contribution is 0.628. The minimum absolute atomic E-state index is 0.307. The summed E-state index contributed by atoms with van der Waals surface area (Å²) in [7, 11) is 1.86. The van der Waals surface area contributed by atoms with Crippen molar-refractivity contribution in [1.82, 2.24) is 19.7 Å². The minimum atomic E-state index is -0.307. The number of hydrogen-bond acceptors (Lipinski definition) is 6. The Bertz CT molecular complexity index is 1170. The Kier molecular flexibility index (Phi) is 4.66. The lowest BCUT2D eigenvalue weighted by Gasteiger charge is -2.37. The van der Waals surface area contributed by atoms with Gasteiger partial charge in [0.1, 0.15) is 11.6 Å². The van der Waals surface area contributed by atoms with Gasteiger partial charge < -0.3 is 15.1 Å². The molecular weight excluding hydrogens is 381 g/mol. The third-order valence-corrected chi connectivity index (χ3v) is 5.35. The molecule has 2 aromatic heterocycles. The Morgan fingerprint density at radius 2 is 1.67 bits per heavy atom. The number of piperazine rings is 1. The van der Waals surface area contributed by atoms with Crippen molar-refractivity contribution in [2.24, 2.45) is 7.05 Å². The summed E-state index contributed by atoms with van der Waals surface area (Å²) in [6, 6.07) is 16.7. The van der Waals surface area contributed by atoms with E-state index in [-0.39, 0.29) is 5.82 Å². The molecule has 1 aliphatic rings. The van der Waals surface area contributed by atoms with E-state index in [9.17, 15) is 4.39 Å². The van der Waals surface area contributed by atoms with Crippen molar-refractivity contribution < 1.29 is 4.39 Å². The molecule has 0 radical (unpaired) electrons. The fourth-order valence-electron chi connectivity index (χ4n) is 3.81. The van der Waals surface area contributed by atoms with E-state index in [0.29, 0.717) is 11.6 Å². The van der Waals surface area contributed by atoms with Crippen LogP contribution in [-0.2, 0) is 7.05 Å². The predicted molar refractivity (Wildman–Crippen MR) is 117 cm³/mol. The summed E-state index contributed by atoms with van der Waals surface area (Å²) in [5.74, 6) is 0.968. The van der Waals surface area contributed by atoms with Crippen molar-refractivity contribution >= 4 is 34.2 Å². The van der Waals surface area contributed by atoms with Gasteiger partial charge in [-0.05, 0) is 30.3 Å². The first-order chi connectivity index (χ1) is 14.7. The predicted octanol–water partition coefficient (Wildman–Crippen LogP) is 3.57. The number of aryl methyl sites for hydroxylation is 1. The highest BCUT2D eigenvalue weighted by Crippen LogP contribution is 2.28. The summed E-state index contributed by atoms with van der Waals surface area (Å²) in [6.45, 7) is 3.50. The fourth-order valence-corrected chi connectivity index (χ4v) is 3.81. The topological polar surface area (TPSA) is 62.1 Å². The van der Waals surface area contributed by atoms with Gasteiger partial charge >= 0.3 is 0 Å². The smallest absolute Gasteiger partial charge is 0.231 e. The molecular formula is C22H22FN7. The maximum Gasteiger partial charge on any atom is 0.231 e. The van der Waals surface area contributed by atoms with E-state index in [4.69, 9.17) is 4.98 Å². The van der Waals surface area contributed by atoms with Gasteiger partial charge in [0.15, 0.2) is 5.65 Å². The van der Waals surface area contributed by atoms with Crippen LogP contribution in [0.5, 0.6) is 0 Å². The maximum atomic E-state index is 13.6. The second-order valence-corrected chi connectivity index (χ2v) is 7.32. The van der Waals surface area contributed by atoms with Crippen LogP contribution < -0.4 is 15.1 Å². The highest BCUT2D eigenvalue weighted by molar-refractivity contribution is 5.88. The molecule has 3 heterocycles. The fraction of sp³-hybridized carbons (Fsp3) is 0.227. The van der Waals surface area contributed by atoms with E-state index >= 15 is 0 Å². The first kappa shape index (κ1) is 18.4. The molecule has 4 aromatic rings. The molecule has 0 saturated carbocycles. The molecule has 0 amide bonds. The first-order valence-corrected chi connectivity index (χ1v) is 9.95. The zero-order valence-corrected chi connectivity index (χ0v) is 16.7. The van der Waals surface area contributed by atoms with Crippen molar-refractivity contribution in [2.45, 2.75) is 0 Å². The lowest BCUT2D eigenvalue weighted by atomic mass is 10.2.